The summed E-state index contributed by atoms with van der Waals surface area (Å²) in [4.78, 5) is 17.2. The molecule has 2 fully saturated rings. The Bertz CT molecular complexity index is 545. The van der Waals surface area contributed by atoms with Crippen LogP contribution in [0.1, 0.15) is 50.4 Å². The zero-order chi connectivity index (χ0) is 17.6. The van der Waals surface area contributed by atoms with Gasteiger partial charge in [-0.3, -0.25) is 9.89 Å². The first-order valence-electron chi connectivity index (χ1n) is 9.77. The lowest BCUT2D eigenvalue weighted by molar-refractivity contribution is -0.136. The Hall–Kier alpha value is -1.40. The van der Waals surface area contributed by atoms with Crippen molar-refractivity contribution in [3.05, 3.63) is 17.5 Å². The third-order valence-corrected chi connectivity index (χ3v) is 5.56. The number of aryl methyl sites for hydroxylation is 1. The Balaban J connectivity index is 1.46. The molecule has 1 aromatic heterocycles. The van der Waals surface area contributed by atoms with Crippen LogP contribution in [0.25, 0.3) is 0 Å². The van der Waals surface area contributed by atoms with E-state index in [2.05, 4.69) is 28.1 Å². The van der Waals surface area contributed by atoms with Crippen molar-refractivity contribution in [2.45, 2.75) is 58.0 Å². The van der Waals surface area contributed by atoms with Crippen LogP contribution in [0, 0.1) is 5.92 Å². The number of nitrogens with zero attached hydrogens (tertiary/aromatic N) is 3. The minimum Gasteiger partial charge on any atom is -0.381 e. The molecule has 0 radical (unpaired) electrons. The zero-order valence-electron chi connectivity index (χ0n) is 15.7. The van der Waals surface area contributed by atoms with Crippen LogP contribution in [-0.2, 0) is 22.5 Å². The molecule has 0 bridgehead atoms. The van der Waals surface area contributed by atoms with Gasteiger partial charge in [0, 0.05) is 32.2 Å². The van der Waals surface area contributed by atoms with Crippen LogP contribution in [0.2, 0.25) is 0 Å². The lowest BCUT2D eigenvalue weighted by Crippen LogP contribution is -2.46. The summed E-state index contributed by atoms with van der Waals surface area (Å²) < 4.78 is 5.46. The lowest BCUT2D eigenvalue weighted by Gasteiger charge is -2.39. The topological polar surface area (TPSA) is 61.5 Å². The van der Waals surface area contributed by atoms with Crippen molar-refractivity contribution in [2.24, 2.45) is 5.92 Å². The number of H-pyrrole nitrogens is 1. The minimum atomic E-state index is 0.166. The number of hydrogen-bond donors (Lipinski definition) is 1. The molecule has 1 amide bonds. The summed E-state index contributed by atoms with van der Waals surface area (Å²) in [7, 11) is 1.91. The first-order valence-corrected chi connectivity index (χ1v) is 9.77. The second-order valence-electron chi connectivity index (χ2n) is 7.48. The van der Waals surface area contributed by atoms with Gasteiger partial charge in [-0.1, -0.05) is 13.3 Å². The molecule has 3 heterocycles. The average Bonchev–Trinajstić information content (AvgIpc) is 3.09. The van der Waals surface area contributed by atoms with Crippen LogP contribution in [0.4, 0.5) is 0 Å². The molecule has 2 saturated heterocycles. The fraction of sp³-hybridized carbons (Fsp3) is 0.789. The number of piperidine rings is 1. The maximum Gasteiger partial charge on any atom is 0.225 e. The standard InChI is InChI=1S/C19H32N4O2/c1-3-4-16-13-17(21-20-16)14-22(2)19(24)15-5-9-23(10-6-15)18-7-11-25-12-8-18/h13,15,18H,3-12,14H2,1-2H3,(H,20,21). The van der Waals surface area contributed by atoms with E-state index in [0.29, 0.717) is 12.6 Å². The Kier molecular flexibility index (Phi) is 6.48. The molecule has 6 heteroatoms. The van der Waals surface area contributed by atoms with Crippen LogP contribution >= 0.6 is 0 Å². The molecular weight excluding hydrogens is 316 g/mol. The maximum atomic E-state index is 12.8. The minimum absolute atomic E-state index is 0.166. The Morgan fingerprint density at radius 1 is 1.32 bits per heavy atom. The summed E-state index contributed by atoms with van der Waals surface area (Å²) in [6.07, 6.45) is 6.30. The van der Waals surface area contributed by atoms with E-state index in [9.17, 15) is 4.79 Å². The zero-order valence-corrected chi connectivity index (χ0v) is 15.7. The van der Waals surface area contributed by atoms with E-state index >= 15 is 0 Å². The fourth-order valence-electron chi connectivity index (χ4n) is 4.08. The Labute approximate surface area is 150 Å². The van der Waals surface area contributed by atoms with Gasteiger partial charge in [0.25, 0.3) is 0 Å². The summed E-state index contributed by atoms with van der Waals surface area (Å²) >= 11 is 0. The largest absolute Gasteiger partial charge is 0.381 e. The Morgan fingerprint density at radius 2 is 2.04 bits per heavy atom. The van der Waals surface area contributed by atoms with Gasteiger partial charge in [0.15, 0.2) is 0 Å². The maximum absolute atomic E-state index is 12.8. The molecule has 3 rings (SSSR count). The summed E-state index contributed by atoms with van der Waals surface area (Å²) in [5.74, 6) is 0.442. The highest BCUT2D eigenvalue weighted by molar-refractivity contribution is 5.78. The van der Waals surface area contributed by atoms with Crippen molar-refractivity contribution in [1.29, 1.82) is 0 Å². The van der Waals surface area contributed by atoms with Crippen molar-refractivity contribution < 1.29 is 9.53 Å². The number of likely N-dealkylation sites (tertiary alicyclic amines) is 1. The number of aromatic amines is 1. The first kappa shape index (κ1) is 18.4. The first-order chi connectivity index (χ1) is 12.2. The molecule has 2 aliphatic rings. The van der Waals surface area contributed by atoms with E-state index in [1.165, 1.54) is 0 Å². The van der Waals surface area contributed by atoms with Crippen LogP contribution in [0.15, 0.2) is 6.07 Å². The van der Waals surface area contributed by atoms with Gasteiger partial charge in [-0.2, -0.15) is 5.10 Å². The van der Waals surface area contributed by atoms with Gasteiger partial charge in [0.05, 0.1) is 17.9 Å². The summed E-state index contributed by atoms with van der Waals surface area (Å²) in [5, 5.41) is 7.38. The molecular formula is C19H32N4O2. The van der Waals surface area contributed by atoms with E-state index in [0.717, 1.165) is 76.2 Å². The highest BCUT2D eigenvalue weighted by Crippen LogP contribution is 2.24. The van der Waals surface area contributed by atoms with Crippen LogP contribution in [0.5, 0.6) is 0 Å². The second kappa shape index (κ2) is 8.81. The molecule has 0 aliphatic carbocycles. The normalized spacial score (nSPS) is 20.7. The molecule has 0 saturated carbocycles. The van der Waals surface area contributed by atoms with E-state index in [-0.39, 0.29) is 11.8 Å². The monoisotopic (exact) mass is 348 g/mol. The second-order valence-corrected chi connectivity index (χ2v) is 7.48. The molecule has 0 unspecified atom stereocenters. The lowest BCUT2D eigenvalue weighted by atomic mass is 9.93. The van der Waals surface area contributed by atoms with Crippen LogP contribution in [0.3, 0.4) is 0 Å². The SMILES string of the molecule is CCCc1cc(CN(C)C(=O)C2CCN(C3CCOCC3)CC2)[nH]n1. The number of amides is 1. The average molecular weight is 348 g/mol. The van der Waals surface area contributed by atoms with Gasteiger partial charge in [-0.05, 0) is 51.3 Å². The van der Waals surface area contributed by atoms with Gasteiger partial charge in [0.2, 0.25) is 5.91 Å². The van der Waals surface area contributed by atoms with Crippen molar-refractivity contribution in [1.82, 2.24) is 20.0 Å². The number of rotatable bonds is 6. The van der Waals surface area contributed by atoms with Gasteiger partial charge in [-0.15, -0.1) is 0 Å². The van der Waals surface area contributed by atoms with Crippen molar-refractivity contribution >= 4 is 5.91 Å². The number of hydrogen-bond acceptors (Lipinski definition) is 4. The third kappa shape index (κ3) is 4.82. The highest BCUT2D eigenvalue weighted by atomic mass is 16.5. The quantitative estimate of drug-likeness (QED) is 0.856. The summed E-state index contributed by atoms with van der Waals surface area (Å²) in [6.45, 7) is 6.62. The molecule has 2 aliphatic heterocycles. The molecule has 0 spiro atoms. The number of ether oxygens (including phenoxy) is 1. The van der Waals surface area contributed by atoms with E-state index in [1.807, 2.05) is 11.9 Å². The molecule has 6 nitrogen and oxygen atoms in total. The van der Waals surface area contributed by atoms with E-state index < -0.39 is 0 Å². The van der Waals surface area contributed by atoms with Gasteiger partial charge in [-0.25, -0.2) is 0 Å². The molecule has 0 atom stereocenters. The summed E-state index contributed by atoms with van der Waals surface area (Å²) in [5.41, 5.74) is 2.11. The number of carbonyl (C=O) groups is 1. The van der Waals surface area contributed by atoms with E-state index in [1.54, 1.807) is 0 Å². The molecule has 0 aromatic carbocycles. The van der Waals surface area contributed by atoms with Gasteiger partial charge in [0.1, 0.15) is 0 Å². The molecule has 25 heavy (non-hydrogen) atoms. The van der Waals surface area contributed by atoms with Crippen molar-refractivity contribution in [3.8, 4) is 0 Å². The smallest absolute Gasteiger partial charge is 0.225 e. The molecule has 1 N–H and O–H groups in total. The Morgan fingerprint density at radius 3 is 2.72 bits per heavy atom. The summed E-state index contributed by atoms with van der Waals surface area (Å²) in [6, 6.07) is 2.74. The number of aromatic nitrogens is 2. The van der Waals surface area contributed by atoms with Gasteiger partial charge < -0.3 is 14.5 Å². The number of carbonyl (C=O) groups excluding carboxylic acids is 1. The van der Waals surface area contributed by atoms with Crippen molar-refractivity contribution in [3.63, 3.8) is 0 Å². The molecule has 140 valence electrons. The predicted molar refractivity (Wildman–Crippen MR) is 97.2 cm³/mol. The predicted octanol–water partition coefficient (Wildman–Crippen LogP) is 2.21. The fourth-order valence-corrected chi connectivity index (χ4v) is 4.08. The van der Waals surface area contributed by atoms with E-state index in [4.69, 9.17) is 4.74 Å². The van der Waals surface area contributed by atoms with Crippen LogP contribution < -0.4 is 0 Å². The van der Waals surface area contributed by atoms with Crippen molar-refractivity contribution in [2.75, 3.05) is 33.4 Å². The van der Waals surface area contributed by atoms with Crippen LogP contribution in [-0.4, -0.2) is 65.3 Å². The highest BCUT2D eigenvalue weighted by Gasteiger charge is 2.30. The third-order valence-electron chi connectivity index (χ3n) is 5.56. The number of nitrogens with one attached hydrogen (secondary N) is 1. The van der Waals surface area contributed by atoms with Gasteiger partial charge >= 0.3 is 0 Å². The molecule has 1 aromatic rings.